The maximum absolute atomic E-state index is 11.9. The van der Waals surface area contributed by atoms with Gasteiger partial charge in [-0.05, 0) is 46.6 Å². The zero-order valence-corrected chi connectivity index (χ0v) is 12.6. The molecule has 1 N–H and O–H groups in total. The Morgan fingerprint density at radius 3 is 2.50 bits per heavy atom. The van der Waals surface area contributed by atoms with Crippen molar-refractivity contribution in [3.63, 3.8) is 0 Å². The molecule has 0 aliphatic rings. The summed E-state index contributed by atoms with van der Waals surface area (Å²) in [5.74, 6) is 0.779. The van der Waals surface area contributed by atoms with Crippen molar-refractivity contribution in [2.75, 3.05) is 13.2 Å². The third-order valence-electron chi connectivity index (χ3n) is 2.74. The monoisotopic (exact) mass is 333 g/mol. The first-order valence-corrected chi connectivity index (χ1v) is 7.27. The Hall–Kier alpha value is -1.81. The summed E-state index contributed by atoms with van der Waals surface area (Å²) in [7, 11) is 0. The van der Waals surface area contributed by atoms with Gasteiger partial charge in [0, 0.05) is 11.0 Å². The highest BCUT2D eigenvalue weighted by Crippen LogP contribution is 2.15. The van der Waals surface area contributed by atoms with E-state index in [1.165, 1.54) is 0 Å². The van der Waals surface area contributed by atoms with Gasteiger partial charge in [-0.1, -0.05) is 30.3 Å². The standard InChI is InChI=1S/C16H16BrNO2/c17-15-10-5-4-9-14(15)16(19)18-11-6-12-20-13-7-2-1-3-8-13/h1-5,7-10H,6,11-12H2,(H,18,19). The van der Waals surface area contributed by atoms with Crippen LogP contribution in [-0.4, -0.2) is 19.1 Å². The molecule has 0 atom stereocenters. The van der Waals surface area contributed by atoms with E-state index in [1.54, 1.807) is 6.07 Å². The smallest absolute Gasteiger partial charge is 0.252 e. The molecule has 0 radical (unpaired) electrons. The van der Waals surface area contributed by atoms with E-state index >= 15 is 0 Å². The predicted molar refractivity (Wildman–Crippen MR) is 83.0 cm³/mol. The molecule has 4 heteroatoms. The molecule has 2 aromatic rings. The zero-order chi connectivity index (χ0) is 14.2. The van der Waals surface area contributed by atoms with E-state index in [9.17, 15) is 4.79 Å². The molecule has 2 aromatic carbocycles. The molecular weight excluding hydrogens is 318 g/mol. The topological polar surface area (TPSA) is 38.3 Å². The van der Waals surface area contributed by atoms with Crippen LogP contribution in [0.2, 0.25) is 0 Å². The number of carbonyl (C=O) groups is 1. The fraction of sp³-hybridized carbons (Fsp3) is 0.188. The van der Waals surface area contributed by atoms with Gasteiger partial charge in [-0.25, -0.2) is 0 Å². The molecule has 0 fully saturated rings. The van der Waals surface area contributed by atoms with Gasteiger partial charge >= 0.3 is 0 Å². The second-order valence-electron chi connectivity index (χ2n) is 4.25. The summed E-state index contributed by atoms with van der Waals surface area (Å²) >= 11 is 3.36. The zero-order valence-electron chi connectivity index (χ0n) is 11.0. The molecule has 20 heavy (non-hydrogen) atoms. The lowest BCUT2D eigenvalue weighted by molar-refractivity contribution is 0.0951. The van der Waals surface area contributed by atoms with Gasteiger partial charge in [0.2, 0.25) is 0 Å². The summed E-state index contributed by atoms with van der Waals surface area (Å²) in [6, 6.07) is 17.0. The third-order valence-corrected chi connectivity index (χ3v) is 3.43. The van der Waals surface area contributed by atoms with Gasteiger partial charge in [0.05, 0.1) is 12.2 Å². The van der Waals surface area contributed by atoms with Crippen molar-refractivity contribution in [1.29, 1.82) is 0 Å². The number of amides is 1. The summed E-state index contributed by atoms with van der Waals surface area (Å²) in [5, 5.41) is 2.88. The SMILES string of the molecule is O=C(NCCCOc1ccccc1)c1ccccc1Br. The molecule has 3 nitrogen and oxygen atoms in total. The second-order valence-corrected chi connectivity index (χ2v) is 5.11. The van der Waals surface area contributed by atoms with Crippen LogP contribution in [-0.2, 0) is 0 Å². The Labute approximate surface area is 127 Å². The Morgan fingerprint density at radius 1 is 1.05 bits per heavy atom. The fourth-order valence-electron chi connectivity index (χ4n) is 1.72. The average Bonchev–Trinajstić information content (AvgIpc) is 2.48. The van der Waals surface area contributed by atoms with Crippen molar-refractivity contribution in [3.8, 4) is 5.75 Å². The van der Waals surface area contributed by atoms with Gasteiger partial charge in [-0.3, -0.25) is 4.79 Å². The minimum atomic E-state index is -0.0720. The molecule has 0 aliphatic carbocycles. The van der Waals surface area contributed by atoms with Crippen molar-refractivity contribution in [1.82, 2.24) is 5.32 Å². The first-order chi connectivity index (χ1) is 9.77. The lowest BCUT2D eigenvalue weighted by Gasteiger charge is -2.08. The van der Waals surface area contributed by atoms with Gasteiger partial charge < -0.3 is 10.1 Å². The molecule has 1 amide bonds. The van der Waals surface area contributed by atoms with Crippen LogP contribution >= 0.6 is 15.9 Å². The quantitative estimate of drug-likeness (QED) is 0.819. The number of rotatable bonds is 6. The first kappa shape index (κ1) is 14.6. The first-order valence-electron chi connectivity index (χ1n) is 6.48. The van der Waals surface area contributed by atoms with Gasteiger partial charge in [-0.2, -0.15) is 0 Å². The number of hydrogen-bond acceptors (Lipinski definition) is 2. The minimum Gasteiger partial charge on any atom is -0.494 e. The maximum atomic E-state index is 11.9. The van der Waals surface area contributed by atoms with E-state index < -0.39 is 0 Å². The lowest BCUT2D eigenvalue weighted by Crippen LogP contribution is -2.25. The van der Waals surface area contributed by atoms with Crippen LogP contribution in [0.1, 0.15) is 16.8 Å². The van der Waals surface area contributed by atoms with E-state index in [1.807, 2.05) is 48.5 Å². The largest absolute Gasteiger partial charge is 0.494 e. The molecule has 0 spiro atoms. The summed E-state index contributed by atoms with van der Waals surface area (Å²) in [6.07, 6.45) is 0.769. The van der Waals surface area contributed by atoms with Crippen LogP contribution in [0.25, 0.3) is 0 Å². The second kappa shape index (κ2) is 7.70. The van der Waals surface area contributed by atoms with Crippen LogP contribution in [0.3, 0.4) is 0 Å². The summed E-state index contributed by atoms with van der Waals surface area (Å²) in [6.45, 7) is 1.17. The Balaban J connectivity index is 1.69. The van der Waals surface area contributed by atoms with E-state index in [0.29, 0.717) is 18.7 Å². The van der Waals surface area contributed by atoms with Crippen LogP contribution < -0.4 is 10.1 Å². The Kier molecular flexibility index (Phi) is 5.62. The van der Waals surface area contributed by atoms with Crippen molar-refractivity contribution < 1.29 is 9.53 Å². The number of nitrogens with one attached hydrogen (secondary N) is 1. The van der Waals surface area contributed by atoms with Crippen LogP contribution in [0.4, 0.5) is 0 Å². The van der Waals surface area contributed by atoms with Crippen molar-refractivity contribution in [2.45, 2.75) is 6.42 Å². The maximum Gasteiger partial charge on any atom is 0.252 e. The van der Waals surface area contributed by atoms with Crippen molar-refractivity contribution in [3.05, 3.63) is 64.6 Å². The van der Waals surface area contributed by atoms with E-state index in [2.05, 4.69) is 21.2 Å². The number of ether oxygens (including phenoxy) is 1. The number of benzene rings is 2. The van der Waals surface area contributed by atoms with Crippen molar-refractivity contribution in [2.24, 2.45) is 0 Å². The summed E-state index contributed by atoms with van der Waals surface area (Å²) < 4.78 is 6.36. The molecule has 104 valence electrons. The molecule has 0 aromatic heterocycles. The summed E-state index contributed by atoms with van der Waals surface area (Å²) in [5.41, 5.74) is 0.650. The van der Waals surface area contributed by atoms with E-state index in [-0.39, 0.29) is 5.91 Å². The number of halogens is 1. The van der Waals surface area contributed by atoms with Crippen molar-refractivity contribution >= 4 is 21.8 Å². The minimum absolute atomic E-state index is 0.0720. The van der Waals surface area contributed by atoms with Gasteiger partial charge in [0.25, 0.3) is 5.91 Å². The van der Waals surface area contributed by atoms with Gasteiger partial charge in [-0.15, -0.1) is 0 Å². The highest BCUT2D eigenvalue weighted by molar-refractivity contribution is 9.10. The van der Waals surface area contributed by atoms with Gasteiger partial charge in [0.1, 0.15) is 5.75 Å². The average molecular weight is 334 g/mol. The van der Waals surface area contributed by atoms with E-state index in [4.69, 9.17) is 4.74 Å². The molecule has 0 saturated carbocycles. The molecule has 0 unspecified atom stereocenters. The van der Waals surface area contributed by atoms with Crippen LogP contribution in [0.15, 0.2) is 59.1 Å². The summed E-state index contributed by atoms with van der Waals surface area (Å²) in [4.78, 5) is 11.9. The molecule has 0 bridgehead atoms. The molecular formula is C16H16BrNO2. The number of carbonyl (C=O) groups excluding carboxylic acids is 1. The number of hydrogen-bond donors (Lipinski definition) is 1. The molecule has 2 rings (SSSR count). The van der Waals surface area contributed by atoms with Crippen LogP contribution in [0.5, 0.6) is 5.75 Å². The highest BCUT2D eigenvalue weighted by Gasteiger charge is 2.07. The Bertz CT molecular complexity index is 557. The van der Waals surface area contributed by atoms with Gasteiger partial charge in [0.15, 0.2) is 0 Å². The van der Waals surface area contributed by atoms with Crippen LogP contribution in [0, 0.1) is 0 Å². The lowest BCUT2D eigenvalue weighted by atomic mass is 10.2. The van der Waals surface area contributed by atoms with E-state index in [0.717, 1.165) is 16.6 Å². The number of para-hydroxylation sites is 1. The molecule has 0 saturated heterocycles. The predicted octanol–water partition coefficient (Wildman–Crippen LogP) is 3.65. The normalized spacial score (nSPS) is 10.1. The molecule has 0 aliphatic heterocycles. The highest BCUT2D eigenvalue weighted by atomic mass is 79.9. The third kappa shape index (κ3) is 4.38. The fourth-order valence-corrected chi connectivity index (χ4v) is 2.19. The Morgan fingerprint density at radius 2 is 1.75 bits per heavy atom. The molecule has 0 heterocycles.